The lowest BCUT2D eigenvalue weighted by molar-refractivity contribution is 0.0941. The zero-order valence-corrected chi connectivity index (χ0v) is 14.2. The van der Waals surface area contributed by atoms with E-state index in [-0.39, 0.29) is 5.91 Å². The predicted octanol–water partition coefficient (Wildman–Crippen LogP) is 2.88. The first kappa shape index (κ1) is 15.6. The van der Waals surface area contributed by atoms with Gasteiger partial charge in [0.15, 0.2) is 5.69 Å². The van der Waals surface area contributed by atoms with Gasteiger partial charge in [0, 0.05) is 37.3 Å². The molecular weight excluding hydrogens is 316 g/mol. The van der Waals surface area contributed by atoms with E-state index in [1.54, 1.807) is 4.68 Å². The summed E-state index contributed by atoms with van der Waals surface area (Å²) in [6.07, 6.45) is 7.72. The number of aryl methyl sites for hydroxylation is 2. The van der Waals surface area contributed by atoms with Gasteiger partial charge in [0.05, 0.1) is 6.20 Å². The first-order valence-electron chi connectivity index (χ1n) is 8.55. The molecule has 0 fully saturated rings. The van der Waals surface area contributed by atoms with Crippen LogP contribution in [0.5, 0.6) is 0 Å². The number of nitrogens with zero attached hydrogens (tertiary/aromatic N) is 3. The van der Waals surface area contributed by atoms with E-state index in [9.17, 15) is 4.79 Å². The molecule has 128 valence electrons. The van der Waals surface area contributed by atoms with Crippen molar-refractivity contribution in [1.29, 1.82) is 0 Å². The van der Waals surface area contributed by atoms with E-state index in [0.717, 1.165) is 53.7 Å². The summed E-state index contributed by atoms with van der Waals surface area (Å²) in [7, 11) is 1.89. The average molecular weight is 336 g/mol. The summed E-state index contributed by atoms with van der Waals surface area (Å²) >= 11 is 0. The van der Waals surface area contributed by atoms with Crippen molar-refractivity contribution in [2.24, 2.45) is 7.05 Å². The van der Waals surface area contributed by atoms with Crippen molar-refractivity contribution in [3.63, 3.8) is 0 Å². The second-order valence-electron chi connectivity index (χ2n) is 6.38. The molecule has 4 rings (SSSR count). The lowest BCUT2D eigenvalue weighted by Gasteiger charge is -2.11. The van der Waals surface area contributed by atoms with E-state index in [2.05, 4.69) is 15.6 Å². The van der Waals surface area contributed by atoms with Crippen LogP contribution in [-0.2, 0) is 26.4 Å². The van der Waals surface area contributed by atoms with Gasteiger partial charge in [-0.2, -0.15) is 5.10 Å². The van der Waals surface area contributed by atoms with Crippen LogP contribution in [0.1, 0.15) is 40.2 Å². The third-order valence-electron chi connectivity index (χ3n) is 4.64. The highest BCUT2D eigenvalue weighted by atomic mass is 16.5. The number of hydrogen-bond donors (Lipinski definition) is 1. The van der Waals surface area contributed by atoms with Crippen LogP contribution in [0.25, 0.3) is 11.1 Å². The fraction of sp³-hybridized carbons (Fsp3) is 0.316. The molecule has 6 heteroatoms. The Kier molecular flexibility index (Phi) is 4.09. The zero-order valence-electron chi connectivity index (χ0n) is 14.2. The van der Waals surface area contributed by atoms with Gasteiger partial charge in [-0.15, -0.1) is 0 Å². The van der Waals surface area contributed by atoms with Crippen LogP contribution in [0.2, 0.25) is 0 Å². The summed E-state index contributed by atoms with van der Waals surface area (Å²) in [4.78, 5) is 12.6. The summed E-state index contributed by atoms with van der Waals surface area (Å²) < 4.78 is 7.10. The highest BCUT2D eigenvalue weighted by molar-refractivity contribution is 5.93. The Morgan fingerprint density at radius 1 is 1.28 bits per heavy atom. The van der Waals surface area contributed by atoms with E-state index < -0.39 is 0 Å². The third kappa shape index (κ3) is 3.07. The van der Waals surface area contributed by atoms with Crippen molar-refractivity contribution in [2.75, 3.05) is 0 Å². The van der Waals surface area contributed by atoms with E-state index in [1.807, 2.05) is 43.7 Å². The number of fused-ring (bicyclic) bond motifs is 1. The van der Waals surface area contributed by atoms with E-state index in [1.165, 1.54) is 0 Å². The largest absolute Gasteiger partial charge is 0.360 e. The molecule has 0 saturated carbocycles. The van der Waals surface area contributed by atoms with Crippen LogP contribution < -0.4 is 5.32 Å². The molecule has 6 nitrogen and oxygen atoms in total. The Balaban J connectivity index is 1.52. The SMILES string of the molecule is Cn1cc(-c2ccccc2CNC(=O)c2noc3c2CCCC3)cn1. The van der Waals surface area contributed by atoms with E-state index >= 15 is 0 Å². The molecule has 0 bridgehead atoms. The minimum absolute atomic E-state index is 0.173. The Labute approximate surface area is 145 Å². The number of carbonyl (C=O) groups excluding carboxylic acids is 1. The van der Waals surface area contributed by atoms with Crippen molar-refractivity contribution in [2.45, 2.75) is 32.2 Å². The molecular formula is C19H20N4O2. The fourth-order valence-corrected chi connectivity index (χ4v) is 3.34. The maximum Gasteiger partial charge on any atom is 0.274 e. The van der Waals surface area contributed by atoms with Crippen molar-refractivity contribution in [3.8, 4) is 11.1 Å². The highest BCUT2D eigenvalue weighted by Gasteiger charge is 2.23. The quantitative estimate of drug-likeness (QED) is 0.795. The third-order valence-corrected chi connectivity index (χ3v) is 4.64. The Morgan fingerprint density at radius 2 is 2.12 bits per heavy atom. The molecule has 1 aromatic carbocycles. The van der Waals surface area contributed by atoms with Crippen LogP contribution in [0, 0.1) is 0 Å². The van der Waals surface area contributed by atoms with Gasteiger partial charge in [-0.1, -0.05) is 29.4 Å². The fourth-order valence-electron chi connectivity index (χ4n) is 3.34. The number of aromatic nitrogens is 3. The average Bonchev–Trinajstić information content (AvgIpc) is 3.26. The standard InChI is InChI=1S/C19H20N4O2/c1-23-12-14(11-21-23)15-7-3-2-6-13(15)10-20-19(24)18-16-8-4-5-9-17(16)25-22-18/h2-3,6-7,11-12H,4-5,8-10H2,1H3,(H,20,24). The van der Waals surface area contributed by atoms with Crippen molar-refractivity contribution in [3.05, 3.63) is 59.2 Å². The Bertz CT molecular complexity index is 910. The number of hydrogen-bond acceptors (Lipinski definition) is 4. The monoisotopic (exact) mass is 336 g/mol. The van der Waals surface area contributed by atoms with Crippen molar-refractivity contribution < 1.29 is 9.32 Å². The molecule has 1 aliphatic carbocycles. The number of nitrogens with one attached hydrogen (secondary N) is 1. The molecule has 0 unspecified atom stereocenters. The van der Waals surface area contributed by atoms with Gasteiger partial charge >= 0.3 is 0 Å². The number of amides is 1. The highest BCUT2D eigenvalue weighted by Crippen LogP contribution is 2.25. The van der Waals surface area contributed by atoms with Gasteiger partial charge in [-0.25, -0.2) is 0 Å². The molecule has 0 radical (unpaired) electrons. The molecule has 1 aliphatic rings. The van der Waals surface area contributed by atoms with Gasteiger partial charge in [0.2, 0.25) is 0 Å². The van der Waals surface area contributed by atoms with Crippen LogP contribution in [0.3, 0.4) is 0 Å². The number of benzene rings is 1. The minimum atomic E-state index is -0.173. The minimum Gasteiger partial charge on any atom is -0.360 e. The first-order valence-corrected chi connectivity index (χ1v) is 8.55. The summed E-state index contributed by atoms with van der Waals surface area (Å²) in [6, 6.07) is 8.01. The van der Waals surface area contributed by atoms with Gasteiger partial charge in [0.25, 0.3) is 5.91 Å². The summed E-state index contributed by atoms with van der Waals surface area (Å²) in [5.41, 5.74) is 4.56. The lowest BCUT2D eigenvalue weighted by atomic mass is 9.96. The van der Waals surface area contributed by atoms with Gasteiger partial charge in [-0.3, -0.25) is 9.48 Å². The van der Waals surface area contributed by atoms with E-state index in [0.29, 0.717) is 12.2 Å². The normalized spacial score (nSPS) is 13.5. The molecule has 25 heavy (non-hydrogen) atoms. The maximum absolute atomic E-state index is 12.6. The van der Waals surface area contributed by atoms with Gasteiger partial charge in [0.1, 0.15) is 5.76 Å². The molecule has 1 amide bonds. The molecule has 3 aromatic rings. The molecule has 0 saturated heterocycles. The smallest absolute Gasteiger partial charge is 0.274 e. The summed E-state index contributed by atoms with van der Waals surface area (Å²) in [5, 5.41) is 11.2. The molecule has 2 heterocycles. The van der Waals surface area contributed by atoms with Crippen molar-refractivity contribution >= 4 is 5.91 Å². The van der Waals surface area contributed by atoms with Crippen LogP contribution in [0.4, 0.5) is 0 Å². The topological polar surface area (TPSA) is 73.0 Å². The van der Waals surface area contributed by atoms with E-state index in [4.69, 9.17) is 4.52 Å². The maximum atomic E-state index is 12.6. The Morgan fingerprint density at radius 3 is 2.96 bits per heavy atom. The van der Waals surface area contributed by atoms with Crippen molar-refractivity contribution in [1.82, 2.24) is 20.3 Å². The molecule has 0 spiro atoms. The number of carbonyl (C=O) groups is 1. The number of rotatable bonds is 4. The zero-order chi connectivity index (χ0) is 17.2. The van der Waals surface area contributed by atoms with Crippen LogP contribution in [-0.4, -0.2) is 20.8 Å². The van der Waals surface area contributed by atoms with Gasteiger partial charge in [-0.05, 0) is 30.4 Å². The van der Waals surface area contributed by atoms with Crippen LogP contribution in [0.15, 0.2) is 41.2 Å². The predicted molar refractivity (Wildman–Crippen MR) is 93.0 cm³/mol. The van der Waals surface area contributed by atoms with Gasteiger partial charge < -0.3 is 9.84 Å². The molecule has 0 atom stereocenters. The summed E-state index contributed by atoms with van der Waals surface area (Å²) in [6.45, 7) is 0.436. The van der Waals surface area contributed by atoms with Crippen LogP contribution >= 0.6 is 0 Å². The second kappa shape index (κ2) is 6.55. The Hall–Kier alpha value is -2.89. The first-order chi connectivity index (χ1) is 12.2. The molecule has 2 aromatic heterocycles. The second-order valence-corrected chi connectivity index (χ2v) is 6.38. The summed E-state index contributed by atoms with van der Waals surface area (Å²) in [5.74, 6) is 0.694. The molecule has 1 N–H and O–H groups in total. The lowest BCUT2D eigenvalue weighted by Crippen LogP contribution is -2.25. The molecule has 0 aliphatic heterocycles.